The van der Waals surface area contributed by atoms with Crippen LogP contribution in [-0.2, 0) is 0 Å². The van der Waals surface area contributed by atoms with Gasteiger partial charge in [0.2, 0.25) is 0 Å². The molecule has 0 saturated heterocycles. The molecule has 1 aromatic heterocycles. The molecule has 0 spiro atoms. The van der Waals surface area contributed by atoms with Gasteiger partial charge in [-0.05, 0) is 42.5 Å². The van der Waals surface area contributed by atoms with E-state index < -0.39 is 0 Å². The number of carbonyl (C=O) groups excluding carboxylic acids is 1. The number of methoxy groups -OCH3 is 2. The topological polar surface area (TPSA) is 72.5 Å². The number of hydrogen-bond acceptors (Lipinski definition) is 5. The van der Waals surface area contributed by atoms with Crippen molar-refractivity contribution in [3.05, 3.63) is 71.5 Å². The molecule has 0 radical (unpaired) electrons. The Morgan fingerprint density at radius 3 is 2.63 bits per heavy atom. The molecule has 7 heteroatoms. The van der Waals surface area contributed by atoms with Crippen LogP contribution < -0.4 is 20.1 Å². The number of nitrogens with zero attached hydrogens (tertiary/aromatic N) is 1. The quantitative estimate of drug-likeness (QED) is 0.642. The third-order valence-electron chi connectivity index (χ3n) is 3.76. The Hall–Kier alpha value is -3.25. The van der Waals surface area contributed by atoms with Gasteiger partial charge in [0.1, 0.15) is 17.2 Å². The van der Waals surface area contributed by atoms with E-state index in [0.717, 1.165) is 0 Å². The van der Waals surface area contributed by atoms with Crippen molar-refractivity contribution >= 4 is 34.6 Å². The maximum Gasteiger partial charge on any atom is 0.274 e. The van der Waals surface area contributed by atoms with E-state index in [4.69, 9.17) is 21.1 Å². The van der Waals surface area contributed by atoms with Crippen molar-refractivity contribution in [1.29, 1.82) is 0 Å². The van der Waals surface area contributed by atoms with Gasteiger partial charge in [-0.1, -0.05) is 17.7 Å². The lowest BCUT2D eigenvalue weighted by atomic mass is 10.2. The summed E-state index contributed by atoms with van der Waals surface area (Å²) >= 11 is 6.05. The van der Waals surface area contributed by atoms with Gasteiger partial charge < -0.3 is 20.1 Å². The number of aromatic nitrogens is 1. The van der Waals surface area contributed by atoms with Crippen molar-refractivity contribution in [2.24, 2.45) is 0 Å². The SMILES string of the molecule is COc1cccc(NC(=O)c2cc(Nc3cc(Cl)ccc3OC)ccn2)c1. The van der Waals surface area contributed by atoms with Crippen LogP contribution in [0.4, 0.5) is 17.1 Å². The first kappa shape index (κ1) is 18.5. The number of hydrogen-bond donors (Lipinski definition) is 2. The van der Waals surface area contributed by atoms with Crippen LogP contribution in [0.25, 0.3) is 0 Å². The number of halogens is 1. The molecule has 0 unspecified atom stereocenters. The maximum absolute atomic E-state index is 12.5. The summed E-state index contributed by atoms with van der Waals surface area (Å²) in [6.45, 7) is 0. The van der Waals surface area contributed by atoms with Crippen molar-refractivity contribution in [1.82, 2.24) is 4.98 Å². The lowest BCUT2D eigenvalue weighted by molar-refractivity contribution is 0.102. The van der Waals surface area contributed by atoms with Gasteiger partial charge in [-0.15, -0.1) is 0 Å². The van der Waals surface area contributed by atoms with E-state index in [0.29, 0.717) is 33.6 Å². The van der Waals surface area contributed by atoms with Gasteiger partial charge in [-0.25, -0.2) is 0 Å². The Balaban J connectivity index is 1.79. The standard InChI is InChI=1S/C20H18ClN3O3/c1-26-16-5-3-4-14(11-16)24-20(25)18-12-15(8-9-22-18)23-17-10-13(21)6-7-19(17)27-2/h3-12H,1-2H3,(H,22,23)(H,24,25). The number of anilines is 3. The van der Waals surface area contributed by atoms with E-state index in [9.17, 15) is 4.79 Å². The fraction of sp³-hybridized carbons (Fsp3) is 0.100. The summed E-state index contributed by atoms with van der Waals surface area (Å²) in [7, 11) is 3.15. The van der Waals surface area contributed by atoms with Gasteiger partial charge in [-0.3, -0.25) is 9.78 Å². The highest BCUT2D eigenvalue weighted by atomic mass is 35.5. The first-order valence-corrected chi connectivity index (χ1v) is 8.49. The second-order valence-corrected chi connectivity index (χ2v) is 6.02. The van der Waals surface area contributed by atoms with E-state index >= 15 is 0 Å². The van der Waals surface area contributed by atoms with E-state index in [1.807, 2.05) is 0 Å². The lowest BCUT2D eigenvalue weighted by Crippen LogP contribution is -2.13. The van der Waals surface area contributed by atoms with E-state index in [1.54, 1.807) is 75.0 Å². The Morgan fingerprint density at radius 1 is 1.00 bits per heavy atom. The minimum atomic E-state index is -0.329. The highest BCUT2D eigenvalue weighted by Gasteiger charge is 2.10. The molecule has 27 heavy (non-hydrogen) atoms. The van der Waals surface area contributed by atoms with Gasteiger partial charge in [0.25, 0.3) is 5.91 Å². The van der Waals surface area contributed by atoms with Crippen LogP contribution in [0.15, 0.2) is 60.8 Å². The summed E-state index contributed by atoms with van der Waals surface area (Å²) in [6.07, 6.45) is 1.56. The highest BCUT2D eigenvalue weighted by Crippen LogP contribution is 2.30. The number of pyridine rings is 1. The zero-order valence-electron chi connectivity index (χ0n) is 14.8. The molecule has 6 nitrogen and oxygen atoms in total. The zero-order chi connectivity index (χ0) is 19.2. The number of carbonyl (C=O) groups is 1. The van der Waals surface area contributed by atoms with Crippen LogP contribution in [0.1, 0.15) is 10.5 Å². The average molecular weight is 384 g/mol. The van der Waals surface area contributed by atoms with Crippen LogP contribution in [0, 0.1) is 0 Å². The predicted molar refractivity (Wildman–Crippen MR) is 106 cm³/mol. The fourth-order valence-corrected chi connectivity index (χ4v) is 2.63. The second-order valence-electron chi connectivity index (χ2n) is 5.59. The number of amides is 1. The Bertz CT molecular complexity index is 963. The molecule has 0 aliphatic rings. The summed E-state index contributed by atoms with van der Waals surface area (Å²) in [4.78, 5) is 16.6. The van der Waals surface area contributed by atoms with Crippen molar-refractivity contribution in [3.63, 3.8) is 0 Å². The summed E-state index contributed by atoms with van der Waals surface area (Å²) in [5.41, 5.74) is 2.26. The highest BCUT2D eigenvalue weighted by molar-refractivity contribution is 6.31. The van der Waals surface area contributed by atoms with E-state index in [-0.39, 0.29) is 11.6 Å². The fourth-order valence-electron chi connectivity index (χ4n) is 2.46. The Morgan fingerprint density at radius 2 is 1.85 bits per heavy atom. The van der Waals surface area contributed by atoms with Crippen molar-refractivity contribution in [2.75, 3.05) is 24.9 Å². The summed E-state index contributed by atoms with van der Waals surface area (Å²) < 4.78 is 10.5. The first-order valence-electron chi connectivity index (χ1n) is 8.11. The molecule has 1 heterocycles. The van der Waals surface area contributed by atoms with Crippen molar-refractivity contribution in [3.8, 4) is 11.5 Å². The number of nitrogens with one attached hydrogen (secondary N) is 2. The third-order valence-corrected chi connectivity index (χ3v) is 4.00. The second kappa shape index (κ2) is 8.42. The molecular weight excluding hydrogens is 366 g/mol. The minimum Gasteiger partial charge on any atom is -0.497 e. The number of benzene rings is 2. The Kier molecular flexibility index (Phi) is 5.78. The maximum atomic E-state index is 12.5. The summed E-state index contributed by atoms with van der Waals surface area (Å²) in [6, 6.07) is 15.8. The zero-order valence-corrected chi connectivity index (χ0v) is 15.6. The predicted octanol–water partition coefficient (Wildman–Crippen LogP) is 4.75. The molecule has 0 saturated carbocycles. The van der Waals surface area contributed by atoms with Crippen LogP contribution in [-0.4, -0.2) is 25.1 Å². The molecule has 138 valence electrons. The van der Waals surface area contributed by atoms with Crippen LogP contribution in [0.5, 0.6) is 11.5 Å². The normalized spacial score (nSPS) is 10.2. The van der Waals surface area contributed by atoms with E-state index in [1.165, 1.54) is 0 Å². The van der Waals surface area contributed by atoms with E-state index in [2.05, 4.69) is 15.6 Å². The molecule has 0 bridgehead atoms. The molecule has 0 fully saturated rings. The first-order chi connectivity index (χ1) is 13.1. The molecule has 3 aromatic rings. The summed E-state index contributed by atoms with van der Waals surface area (Å²) in [5, 5.41) is 6.57. The van der Waals surface area contributed by atoms with Gasteiger partial charge >= 0.3 is 0 Å². The molecule has 1 amide bonds. The third kappa shape index (κ3) is 4.68. The molecule has 0 aliphatic carbocycles. The Labute approximate surface area is 162 Å². The molecule has 2 N–H and O–H groups in total. The minimum absolute atomic E-state index is 0.267. The van der Waals surface area contributed by atoms with Gasteiger partial charge in [-0.2, -0.15) is 0 Å². The van der Waals surface area contributed by atoms with Gasteiger partial charge in [0, 0.05) is 28.7 Å². The van der Waals surface area contributed by atoms with Gasteiger partial charge in [0.05, 0.1) is 19.9 Å². The molecular formula is C20H18ClN3O3. The molecule has 2 aromatic carbocycles. The van der Waals surface area contributed by atoms with Crippen LogP contribution >= 0.6 is 11.6 Å². The number of rotatable bonds is 6. The largest absolute Gasteiger partial charge is 0.497 e. The van der Waals surface area contributed by atoms with Crippen molar-refractivity contribution < 1.29 is 14.3 Å². The lowest BCUT2D eigenvalue weighted by Gasteiger charge is -2.12. The monoisotopic (exact) mass is 383 g/mol. The number of ether oxygens (including phenoxy) is 2. The van der Waals surface area contributed by atoms with Crippen molar-refractivity contribution in [2.45, 2.75) is 0 Å². The molecule has 3 rings (SSSR count). The molecule has 0 aliphatic heterocycles. The van der Waals surface area contributed by atoms with Crippen LogP contribution in [0.3, 0.4) is 0 Å². The summed E-state index contributed by atoms with van der Waals surface area (Å²) in [5.74, 6) is 0.966. The smallest absolute Gasteiger partial charge is 0.274 e. The van der Waals surface area contributed by atoms with Crippen LogP contribution in [0.2, 0.25) is 5.02 Å². The van der Waals surface area contributed by atoms with Gasteiger partial charge in [0.15, 0.2) is 0 Å². The molecule has 0 atom stereocenters. The average Bonchev–Trinajstić information content (AvgIpc) is 2.68.